The van der Waals surface area contributed by atoms with Gasteiger partial charge in [-0.15, -0.1) is 0 Å². The molecule has 2 fully saturated rings. The maximum atomic E-state index is 12.0. The van der Waals surface area contributed by atoms with Gasteiger partial charge >= 0.3 is 6.03 Å². The van der Waals surface area contributed by atoms with Gasteiger partial charge in [-0.1, -0.05) is 12.8 Å². The van der Waals surface area contributed by atoms with Crippen LogP contribution in [0.4, 0.5) is 4.79 Å². The smallest absolute Gasteiger partial charge is 0.320 e. The number of aldehydes is 1. The number of carbonyl (C=O) groups is 2. The molecule has 1 saturated carbocycles. The van der Waals surface area contributed by atoms with Crippen molar-refractivity contribution in [2.45, 2.75) is 38.1 Å². The van der Waals surface area contributed by atoms with Gasteiger partial charge in [0.2, 0.25) is 0 Å². The van der Waals surface area contributed by atoms with Crippen LogP contribution >= 0.6 is 0 Å². The van der Waals surface area contributed by atoms with E-state index in [1.807, 2.05) is 4.90 Å². The quantitative estimate of drug-likeness (QED) is 0.658. The highest BCUT2D eigenvalue weighted by atomic mass is 16.2. The Morgan fingerprint density at radius 3 is 2.60 bits per heavy atom. The predicted octanol–water partition coefficient (Wildman–Crippen LogP) is 1.26. The number of amides is 2. The average molecular weight is 210 g/mol. The number of carbonyl (C=O) groups excluding carboxylic acids is 2. The molecule has 2 aliphatic rings. The summed E-state index contributed by atoms with van der Waals surface area (Å²) in [5.74, 6) is 0. The maximum Gasteiger partial charge on any atom is 0.320 e. The van der Waals surface area contributed by atoms with Crippen molar-refractivity contribution >= 4 is 12.3 Å². The van der Waals surface area contributed by atoms with E-state index in [2.05, 4.69) is 0 Å². The van der Waals surface area contributed by atoms with Crippen LogP contribution in [0.3, 0.4) is 0 Å². The first-order valence-electron chi connectivity index (χ1n) is 5.82. The van der Waals surface area contributed by atoms with E-state index >= 15 is 0 Å². The van der Waals surface area contributed by atoms with Crippen LogP contribution < -0.4 is 0 Å². The SMILES string of the molecule is O=CCN1CCCN(C2CCCC2)C1=O. The summed E-state index contributed by atoms with van der Waals surface area (Å²) in [7, 11) is 0. The zero-order valence-corrected chi connectivity index (χ0v) is 9.02. The Kier molecular flexibility index (Phi) is 3.23. The normalized spacial score (nSPS) is 23.6. The summed E-state index contributed by atoms with van der Waals surface area (Å²) in [4.78, 5) is 26.1. The summed E-state index contributed by atoms with van der Waals surface area (Å²) in [5.41, 5.74) is 0. The molecule has 0 bridgehead atoms. The summed E-state index contributed by atoms with van der Waals surface area (Å²) < 4.78 is 0. The van der Waals surface area contributed by atoms with Crippen LogP contribution in [0, 0.1) is 0 Å². The maximum absolute atomic E-state index is 12.0. The van der Waals surface area contributed by atoms with Crippen molar-refractivity contribution in [1.82, 2.24) is 9.80 Å². The molecule has 0 unspecified atom stereocenters. The Morgan fingerprint density at radius 2 is 1.93 bits per heavy atom. The zero-order chi connectivity index (χ0) is 10.7. The van der Waals surface area contributed by atoms with Crippen LogP contribution in [0.5, 0.6) is 0 Å². The lowest BCUT2D eigenvalue weighted by Crippen LogP contribution is -2.53. The highest BCUT2D eigenvalue weighted by Gasteiger charge is 2.32. The Balaban J connectivity index is 1.98. The van der Waals surface area contributed by atoms with Crippen LogP contribution in [-0.2, 0) is 4.79 Å². The fraction of sp³-hybridized carbons (Fsp3) is 0.818. The second-order valence-corrected chi connectivity index (χ2v) is 4.38. The van der Waals surface area contributed by atoms with Gasteiger partial charge in [-0.05, 0) is 19.3 Å². The molecule has 2 rings (SSSR count). The molecule has 1 saturated heterocycles. The van der Waals surface area contributed by atoms with E-state index in [1.165, 1.54) is 12.8 Å². The summed E-state index contributed by atoms with van der Waals surface area (Å²) in [6, 6.07) is 0.507. The lowest BCUT2D eigenvalue weighted by Gasteiger charge is -2.38. The average Bonchev–Trinajstić information content (AvgIpc) is 2.74. The van der Waals surface area contributed by atoms with E-state index < -0.39 is 0 Å². The van der Waals surface area contributed by atoms with Gasteiger partial charge in [-0.2, -0.15) is 0 Å². The van der Waals surface area contributed by atoms with Gasteiger partial charge in [0.25, 0.3) is 0 Å². The van der Waals surface area contributed by atoms with Gasteiger partial charge in [0, 0.05) is 19.1 Å². The highest BCUT2D eigenvalue weighted by molar-refractivity contribution is 5.78. The molecule has 4 heteroatoms. The van der Waals surface area contributed by atoms with Crippen molar-refractivity contribution in [2.75, 3.05) is 19.6 Å². The van der Waals surface area contributed by atoms with E-state index in [0.29, 0.717) is 6.04 Å². The number of urea groups is 1. The zero-order valence-electron chi connectivity index (χ0n) is 9.02. The van der Waals surface area contributed by atoms with Crippen LogP contribution in [0.1, 0.15) is 32.1 Å². The van der Waals surface area contributed by atoms with Crippen molar-refractivity contribution in [3.05, 3.63) is 0 Å². The van der Waals surface area contributed by atoms with Gasteiger partial charge in [0.05, 0.1) is 6.54 Å². The van der Waals surface area contributed by atoms with E-state index in [-0.39, 0.29) is 12.6 Å². The van der Waals surface area contributed by atoms with Crippen molar-refractivity contribution < 1.29 is 9.59 Å². The molecule has 0 radical (unpaired) electrons. The van der Waals surface area contributed by atoms with Crippen molar-refractivity contribution in [3.8, 4) is 0 Å². The molecule has 0 N–H and O–H groups in total. The molecule has 0 spiro atoms. The Labute approximate surface area is 90.2 Å². The van der Waals surface area contributed by atoms with Gasteiger partial charge in [-0.3, -0.25) is 0 Å². The molecule has 0 aromatic rings. The van der Waals surface area contributed by atoms with E-state index in [1.54, 1.807) is 4.90 Å². The van der Waals surface area contributed by atoms with Crippen LogP contribution in [-0.4, -0.2) is 47.8 Å². The lowest BCUT2D eigenvalue weighted by atomic mass is 10.2. The second-order valence-electron chi connectivity index (χ2n) is 4.38. The number of rotatable bonds is 3. The topological polar surface area (TPSA) is 40.6 Å². The second kappa shape index (κ2) is 4.64. The lowest BCUT2D eigenvalue weighted by molar-refractivity contribution is -0.108. The number of hydrogen-bond donors (Lipinski definition) is 0. The summed E-state index contributed by atoms with van der Waals surface area (Å²) in [5, 5.41) is 0. The minimum Gasteiger partial charge on any atom is -0.322 e. The summed E-state index contributed by atoms with van der Waals surface area (Å²) >= 11 is 0. The molecule has 4 nitrogen and oxygen atoms in total. The van der Waals surface area contributed by atoms with E-state index in [0.717, 1.165) is 38.6 Å². The standard InChI is InChI=1S/C11H18N2O2/c14-9-8-12-6-3-7-13(11(12)15)10-4-1-2-5-10/h9-10H,1-8H2. The molecule has 1 aliphatic heterocycles. The largest absolute Gasteiger partial charge is 0.322 e. The molecule has 1 heterocycles. The molecule has 1 aliphatic carbocycles. The Morgan fingerprint density at radius 1 is 1.20 bits per heavy atom. The number of nitrogens with zero attached hydrogens (tertiary/aromatic N) is 2. The molecule has 2 amide bonds. The first kappa shape index (κ1) is 10.5. The molecular formula is C11H18N2O2. The third-order valence-corrected chi connectivity index (χ3v) is 3.40. The summed E-state index contributed by atoms with van der Waals surface area (Å²) in [6.07, 6.45) is 6.57. The van der Waals surface area contributed by atoms with Gasteiger partial charge in [0.1, 0.15) is 6.29 Å². The predicted molar refractivity (Wildman–Crippen MR) is 56.6 cm³/mol. The fourth-order valence-electron chi connectivity index (χ4n) is 2.62. The molecular weight excluding hydrogens is 192 g/mol. The third kappa shape index (κ3) is 2.13. The molecule has 0 atom stereocenters. The van der Waals surface area contributed by atoms with E-state index in [4.69, 9.17) is 0 Å². The third-order valence-electron chi connectivity index (χ3n) is 3.40. The minimum atomic E-state index is 0.0697. The monoisotopic (exact) mass is 210 g/mol. The fourth-order valence-corrected chi connectivity index (χ4v) is 2.62. The van der Waals surface area contributed by atoms with Crippen LogP contribution in [0.25, 0.3) is 0 Å². The van der Waals surface area contributed by atoms with Gasteiger partial charge in [0.15, 0.2) is 0 Å². The minimum absolute atomic E-state index is 0.0697. The Bertz CT molecular complexity index is 249. The van der Waals surface area contributed by atoms with Crippen LogP contribution in [0.15, 0.2) is 0 Å². The first-order chi connectivity index (χ1) is 7.33. The van der Waals surface area contributed by atoms with Gasteiger partial charge in [-0.25, -0.2) is 4.79 Å². The van der Waals surface area contributed by atoms with Crippen molar-refractivity contribution in [2.24, 2.45) is 0 Å². The highest BCUT2D eigenvalue weighted by Crippen LogP contribution is 2.26. The van der Waals surface area contributed by atoms with E-state index in [9.17, 15) is 9.59 Å². The molecule has 0 aromatic carbocycles. The van der Waals surface area contributed by atoms with Crippen molar-refractivity contribution in [1.29, 1.82) is 0 Å². The van der Waals surface area contributed by atoms with Gasteiger partial charge < -0.3 is 14.6 Å². The molecule has 84 valence electrons. The first-order valence-corrected chi connectivity index (χ1v) is 5.82. The Hall–Kier alpha value is -1.06. The van der Waals surface area contributed by atoms with Crippen molar-refractivity contribution in [3.63, 3.8) is 0 Å². The summed E-state index contributed by atoms with van der Waals surface area (Å²) in [6.45, 7) is 1.86. The molecule has 0 aromatic heterocycles. The number of hydrogen-bond acceptors (Lipinski definition) is 2. The van der Waals surface area contributed by atoms with Crippen LogP contribution in [0.2, 0.25) is 0 Å². The molecule has 15 heavy (non-hydrogen) atoms.